The van der Waals surface area contributed by atoms with Gasteiger partial charge in [0.2, 0.25) is 0 Å². The number of phenolic OH excluding ortho intramolecular Hbond substituents is 1. The van der Waals surface area contributed by atoms with Crippen molar-refractivity contribution in [2.45, 2.75) is 76.4 Å². The van der Waals surface area contributed by atoms with Crippen molar-refractivity contribution in [3.63, 3.8) is 0 Å². The van der Waals surface area contributed by atoms with Crippen molar-refractivity contribution in [1.29, 1.82) is 0 Å². The lowest BCUT2D eigenvalue weighted by molar-refractivity contribution is -0.143. The molecule has 53 heavy (non-hydrogen) atoms. The number of terminal acetylenes is 1. The Bertz CT molecular complexity index is 2110. The third-order valence-electron chi connectivity index (χ3n) is 11.3. The van der Waals surface area contributed by atoms with Gasteiger partial charge in [0.15, 0.2) is 11.6 Å². The molecule has 3 saturated heterocycles. The zero-order chi connectivity index (χ0) is 37.1. The molecule has 0 radical (unpaired) electrons. The van der Waals surface area contributed by atoms with Crippen LogP contribution in [0, 0.1) is 29.4 Å². The van der Waals surface area contributed by atoms with Gasteiger partial charge in [-0.3, -0.25) is 9.88 Å². The first-order valence-electron chi connectivity index (χ1n) is 18.4. The predicted octanol–water partition coefficient (Wildman–Crippen LogP) is 5.56. The van der Waals surface area contributed by atoms with Gasteiger partial charge in [-0.15, -0.1) is 6.42 Å². The summed E-state index contributed by atoms with van der Waals surface area (Å²) in [5, 5.41) is 22.7. The highest BCUT2D eigenvalue weighted by Gasteiger charge is 2.49. The molecule has 2 N–H and O–H groups in total. The minimum atomic E-state index is -1.21. The first-order valence-corrected chi connectivity index (χ1v) is 18.4. The number of halogens is 2. The van der Waals surface area contributed by atoms with Crippen molar-refractivity contribution in [3.05, 3.63) is 47.7 Å². The number of hydrogen-bond donors (Lipinski definition) is 2. The lowest BCUT2D eigenvalue weighted by atomic mass is 9.75. The molecule has 1 saturated carbocycles. The number of fused-ring (bicyclic) bond motifs is 3. The maximum absolute atomic E-state index is 17.1. The van der Waals surface area contributed by atoms with Gasteiger partial charge in [-0.2, -0.15) is 9.97 Å². The van der Waals surface area contributed by atoms with Gasteiger partial charge >= 0.3 is 6.01 Å². The number of ether oxygens (including phenoxy) is 4. The van der Waals surface area contributed by atoms with E-state index in [1.165, 1.54) is 30.5 Å². The molecule has 8 rings (SSSR count). The van der Waals surface area contributed by atoms with Gasteiger partial charge < -0.3 is 34.1 Å². The van der Waals surface area contributed by atoms with E-state index in [4.69, 9.17) is 30.4 Å². The third-order valence-corrected chi connectivity index (χ3v) is 11.3. The molecule has 5 heterocycles. The zero-order valence-corrected chi connectivity index (χ0v) is 30.3. The molecule has 0 spiro atoms. The van der Waals surface area contributed by atoms with Crippen LogP contribution in [0.3, 0.4) is 0 Å². The quantitative estimate of drug-likeness (QED) is 0.233. The Balaban J connectivity index is 1.19. The topological polar surface area (TPSA) is 123 Å². The number of anilines is 1. The Hall–Kier alpha value is -4.19. The third kappa shape index (κ3) is 6.76. The molecule has 0 bridgehead atoms. The second-order valence-electron chi connectivity index (χ2n) is 15.8. The van der Waals surface area contributed by atoms with Gasteiger partial charge in [-0.1, -0.05) is 18.4 Å². The average molecular weight is 730 g/mol. The highest BCUT2D eigenvalue weighted by atomic mass is 19.1. The second-order valence-corrected chi connectivity index (χ2v) is 15.8. The number of likely N-dealkylation sites (tertiary alicyclic amines) is 1. The van der Waals surface area contributed by atoms with Crippen LogP contribution in [-0.2, 0) is 14.2 Å². The molecular formula is C40H45F2N5O6. The smallest absolute Gasteiger partial charge is 0.319 e. The van der Waals surface area contributed by atoms with Gasteiger partial charge in [-0.25, -0.2) is 8.78 Å². The fourth-order valence-electron chi connectivity index (χ4n) is 9.00. The van der Waals surface area contributed by atoms with Gasteiger partial charge in [-0.05, 0) is 76.6 Å². The largest absolute Gasteiger partial charge is 0.508 e. The molecule has 13 heteroatoms. The van der Waals surface area contributed by atoms with Crippen LogP contribution < -0.4 is 9.64 Å². The summed E-state index contributed by atoms with van der Waals surface area (Å²) in [6.07, 6.45) is 12.2. The number of hydrogen-bond acceptors (Lipinski definition) is 11. The lowest BCUT2D eigenvalue weighted by Gasteiger charge is -2.46. The Labute approximate surface area is 307 Å². The van der Waals surface area contributed by atoms with E-state index >= 15 is 4.39 Å². The van der Waals surface area contributed by atoms with Gasteiger partial charge in [0.25, 0.3) is 0 Å². The minimum absolute atomic E-state index is 0.00379. The molecule has 4 aliphatic rings. The van der Waals surface area contributed by atoms with E-state index in [0.29, 0.717) is 43.0 Å². The molecule has 11 nitrogen and oxygen atoms in total. The molecule has 4 aromatic rings. The van der Waals surface area contributed by atoms with Crippen LogP contribution in [0.25, 0.3) is 32.9 Å². The highest BCUT2D eigenvalue weighted by Crippen LogP contribution is 2.48. The van der Waals surface area contributed by atoms with E-state index in [1.54, 1.807) is 6.92 Å². The molecule has 4 atom stereocenters. The summed E-state index contributed by atoms with van der Waals surface area (Å²) in [6.45, 7) is 9.18. The van der Waals surface area contributed by atoms with Crippen LogP contribution in [0.5, 0.6) is 11.8 Å². The number of aliphatic hydroxyl groups is 1. The number of nitrogens with zero attached hydrogens (tertiary/aromatic N) is 5. The average Bonchev–Trinajstić information content (AvgIpc) is 3.65. The number of β-amino-alcohol motifs (C(OH)–C–C–N with tert-alkyl or cyclic N) is 1. The molecule has 280 valence electrons. The van der Waals surface area contributed by atoms with E-state index < -0.39 is 23.0 Å². The van der Waals surface area contributed by atoms with Crippen LogP contribution in [-0.4, -0.2) is 106 Å². The van der Waals surface area contributed by atoms with E-state index in [9.17, 15) is 14.6 Å². The molecule has 4 unspecified atom stereocenters. The Morgan fingerprint density at radius 3 is 2.74 bits per heavy atom. The molecule has 4 fully saturated rings. The van der Waals surface area contributed by atoms with Crippen molar-refractivity contribution in [2.24, 2.45) is 5.41 Å². The molecular weight excluding hydrogens is 684 g/mol. The second kappa shape index (κ2) is 13.6. The van der Waals surface area contributed by atoms with E-state index in [1.807, 2.05) is 18.7 Å². The zero-order valence-electron chi connectivity index (χ0n) is 30.3. The summed E-state index contributed by atoms with van der Waals surface area (Å²) in [5.41, 5.74) is -1.54. The minimum Gasteiger partial charge on any atom is -0.508 e. The molecule has 1 aliphatic carbocycles. The first kappa shape index (κ1) is 35.8. The number of pyridine rings is 1. The molecule has 3 aliphatic heterocycles. The Kier molecular flexibility index (Phi) is 9.18. The fraction of sp³-hybridized carbons (Fsp3) is 0.525. The number of rotatable bonds is 7. The standard InChI is InChI=1S/C40H45F2N5O6/c1-5-27-30(41)10-9-24-16-25(48)17-28(32(24)27)34-33(42)35-29(18-43-34)36(47-14-15-50-22-39(4,49)21-47)45-37(44-35)51-23-40-11-6-8-31(40)46(13-7-12-40)19-26-20-52-38(2,3)53-26/h1,9-10,16-18,26,31,48-49H,6-8,11-15,19-23H2,2-4H3. The maximum Gasteiger partial charge on any atom is 0.319 e. The normalized spacial score (nSPS) is 27.5. The van der Waals surface area contributed by atoms with Crippen LogP contribution >= 0.6 is 0 Å². The van der Waals surface area contributed by atoms with Gasteiger partial charge in [0, 0.05) is 41.7 Å². The van der Waals surface area contributed by atoms with E-state index in [2.05, 4.69) is 20.8 Å². The lowest BCUT2D eigenvalue weighted by Crippen LogP contribution is -2.54. The van der Waals surface area contributed by atoms with Crippen molar-refractivity contribution < 1.29 is 37.9 Å². The van der Waals surface area contributed by atoms with E-state index in [0.717, 1.165) is 45.2 Å². The summed E-state index contributed by atoms with van der Waals surface area (Å²) >= 11 is 0. The number of aromatic hydroxyl groups is 1. The van der Waals surface area contributed by atoms with Crippen LogP contribution in [0.4, 0.5) is 14.6 Å². The van der Waals surface area contributed by atoms with Crippen LogP contribution in [0.15, 0.2) is 30.5 Å². The van der Waals surface area contributed by atoms with Crippen LogP contribution in [0.2, 0.25) is 0 Å². The van der Waals surface area contributed by atoms with Crippen molar-refractivity contribution in [2.75, 3.05) is 57.5 Å². The molecule has 2 aromatic carbocycles. The SMILES string of the molecule is C#Cc1c(F)ccc2cc(O)cc(-c3ncc4c(N5CCOCC(C)(O)C5)nc(OCC56CCCC5N(CC5COC(C)(C)O5)CCC6)nc4c3F)c12. The maximum atomic E-state index is 17.1. The summed E-state index contributed by atoms with van der Waals surface area (Å²) in [4.78, 5) is 18.4. The van der Waals surface area contributed by atoms with Gasteiger partial charge in [0.1, 0.15) is 34.2 Å². The van der Waals surface area contributed by atoms with Crippen LogP contribution in [0.1, 0.15) is 58.4 Å². The Morgan fingerprint density at radius 1 is 1.11 bits per heavy atom. The summed E-state index contributed by atoms with van der Waals surface area (Å²) < 4.78 is 56.3. The molecule has 2 aromatic heterocycles. The number of phenols is 1. The fourth-order valence-corrected chi connectivity index (χ4v) is 9.00. The summed E-state index contributed by atoms with van der Waals surface area (Å²) in [6, 6.07) is 5.72. The molecule has 0 amide bonds. The Morgan fingerprint density at radius 2 is 1.94 bits per heavy atom. The highest BCUT2D eigenvalue weighted by molar-refractivity contribution is 6.03. The number of aromatic nitrogens is 3. The van der Waals surface area contributed by atoms with Crippen molar-refractivity contribution >= 4 is 27.5 Å². The monoisotopic (exact) mass is 729 g/mol. The number of benzene rings is 2. The van der Waals surface area contributed by atoms with E-state index in [-0.39, 0.29) is 70.2 Å². The van der Waals surface area contributed by atoms with Gasteiger partial charge in [0.05, 0.1) is 50.0 Å². The number of piperidine rings is 1. The van der Waals surface area contributed by atoms with Crippen molar-refractivity contribution in [3.8, 4) is 35.4 Å². The summed E-state index contributed by atoms with van der Waals surface area (Å²) in [7, 11) is 0. The summed E-state index contributed by atoms with van der Waals surface area (Å²) in [5.74, 6) is 0.512. The predicted molar refractivity (Wildman–Crippen MR) is 195 cm³/mol. The van der Waals surface area contributed by atoms with Crippen molar-refractivity contribution in [1.82, 2.24) is 19.9 Å². The first-order chi connectivity index (χ1) is 25.4.